The van der Waals surface area contributed by atoms with Crippen LogP contribution >= 0.6 is 0 Å². The number of hydrogen-bond donors (Lipinski definition) is 1. The van der Waals surface area contributed by atoms with Crippen LogP contribution in [0, 0.1) is 22.7 Å². The molecule has 6 nitrogen and oxygen atoms in total. The van der Waals surface area contributed by atoms with Gasteiger partial charge >= 0.3 is 0 Å². The molecule has 1 N–H and O–H groups in total. The molecule has 182 valence electrons. The highest BCUT2D eigenvalue weighted by Gasteiger charge is 2.61. The fourth-order valence-corrected chi connectivity index (χ4v) is 7.34. The average Bonchev–Trinajstić information content (AvgIpc) is 3.36. The van der Waals surface area contributed by atoms with Crippen molar-refractivity contribution in [3.05, 3.63) is 30.3 Å². The van der Waals surface area contributed by atoms with Gasteiger partial charge in [0.15, 0.2) is 6.29 Å². The first-order valence-electron chi connectivity index (χ1n) is 12.8. The summed E-state index contributed by atoms with van der Waals surface area (Å²) in [5.41, 5.74) is -0.205. The van der Waals surface area contributed by atoms with Gasteiger partial charge in [-0.1, -0.05) is 32.0 Å². The lowest BCUT2D eigenvalue weighted by atomic mass is 9.46. The number of ether oxygens (including phenoxy) is 3. The Labute approximate surface area is 197 Å². The van der Waals surface area contributed by atoms with E-state index in [1.165, 1.54) is 0 Å². The Morgan fingerprint density at radius 2 is 1.88 bits per heavy atom. The molecule has 4 aliphatic rings. The quantitative estimate of drug-likeness (QED) is 0.724. The molecule has 1 aromatic rings. The minimum atomic E-state index is -0.407. The first-order chi connectivity index (χ1) is 15.9. The van der Waals surface area contributed by atoms with Crippen molar-refractivity contribution in [1.82, 2.24) is 4.90 Å². The van der Waals surface area contributed by atoms with Gasteiger partial charge in [0, 0.05) is 24.9 Å². The van der Waals surface area contributed by atoms with Crippen LogP contribution in [0.2, 0.25) is 0 Å². The number of aliphatic hydroxyl groups excluding tert-OH is 1. The van der Waals surface area contributed by atoms with Crippen LogP contribution in [-0.4, -0.2) is 60.7 Å². The summed E-state index contributed by atoms with van der Waals surface area (Å²) in [6, 6.07) is 9.77. The summed E-state index contributed by atoms with van der Waals surface area (Å²) in [5, 5.41) is 11.0. The van der Waals surface area contributed by atoms with Gasteiger partial charge in [-0.3, -0.25) is 4.79 Å². The second-order valence-electron chi connectivity index (χ2n) is 11.1. The smallest absolute Gasteiger partial charge is 0.222 e. The zero-order chi connectivity index (χ0) is 23.1. The summed E-state index contributed by atoms with van der Waals surface area (Å²) in [4.78, 5) is 15.0. The summed E-state index contributed by atoms with van der Waals surface area (Å²) in [5.74, 6) is 1.40. The lowest BCUT2D eigenvalue weighted by Crippen LogP contribution is -2.63. The summed E-state index contributed by atoms with van der Waals surface area (Å²) in [6.07, 6.45) is 5.60. The van der Waals surface area contributed by atoms with Crippen LogP contribution in [0.4, 0.5) is 0 Å². The number of benzene rings is 1. The largest absolute Gasteiger partial charge is 0.488 e. The number of fused-ring (bicyclic) bond motifs is 3. The summed E-state index contributed by atoms with van der Waals surface area (Å²) in [6.45, 7) is 7.36. The van der Waals surface area contributed by atoms with Crippen LogP contribution in [0.15, 0.2) is 30.3 Å². The normalized spacial score (nSPS) is 40.7. The highest BCUT2D eigenvalue weighted by atomic mass is 16.7. The number of rotatable bonds is 5. The molecule has 2 saturated carbocycles. The molecule has 2 heterocycles. The van der Waals surface area contributed by atoms with E-state index in [1.807, 2.05) is 35.2 Å². The van der Waals surface area contributed by atoms with E-state index in [4.69, 9.17) is 14.2 Å². The van der Waals surface area contributed by atoms with Crippen LogP contribution < -0.4 is 4.74 Å². The zero-order valence-electron chi connectivity index (χ0n) is 20.1. The molecule has 0 bridgehead atoms. The molecule has 1 aromatic carbocycles. The van der Waals surface area contributed by atoms with Crippen LogP contribution in [0.25, 0.3) is 0 Å². The molecule has 2 aliphatic carbocycles. The number of hydrogen-bond acceptors (Lipinski definition) is 5. The second-order valence-corrected chi connectivity index (χ2v) is 11.1. The van der Waals surface area contributed by atoms with E-state index >= 15 is 0 Å². The molecule has 1 amide bonds. The van der Waals surface area contributed by atoms with Crippen LogP contribution in [0.3, 0.4) is 0 Å². The van der Waals surface area contributed by atoms with Crippen molar-refractivity contribution in [2.24, 2.45) is 22.7 Å². The van der Waals surface area contributed by atoms with Crippen LogP contribution in [0.5, 0.6) is 5.75 Å². The summed E-state index contributed by atoms with van der Waals surface area (Å²) >= 11 is 0. The molecular weight excluding hydrogens is 418 g/mol. The third-order valence-corrected chi connectivity index (χ3v) is 9.21. The molecule has 0 spiro atoms. The topological polar surface area (TPSA) is 68.2 Å². The van der Waals surface area contributed by atoms with Crippen LogP contribution in [0.1, 0.15) is 58.8 Å². The van der Waals surface area contributed by atoms with E-state index < -0.39 is 6.10 Å². The first kappa shape index (κ1) is 23.1. The fourth-order valence-electron chi connectivity index (χ4n) is 7.34. The molecule has 7 atom stereocenters. The van der Waals surface area contributed by atoms with E-state index in [2.05, 4.69) is 13.8 Å². The minimum absolute atomic E-state index is 0.00117. The Bertz CT molecular complexity index is 827. The van der Waals surface area contributed by atoms with Crippen molar-refractivity contribution >= 4 is 5.91 Å². The van der Waals surface area contributed by atoms with E-state index in [0.717, 1.165) is 57.4 Å². The zero-order valence-corrected chi connectivity index (χ0v) is 20.1. The highest BCUT2D eigenvalue weighted by Crippen LogP contribution is 2.62. The number of nitrogens with zero attached hydrogens (tertiary/aromatic N) is 1. The molecule has 33 heavy (non-hydrogen) atoms. The third kappa shape index (κ3) is 4.30. The van der Waals surface area contributed by atoms with Gasteiger partial charge in [-0.25, -0.2) is 0 Å². The molecule has 2 aliphatic heterocycles. The summed E-state index contributed by atoms with van der Waals surface area (Å²) < 4.78 is 18.5. The van der Waals surface area contributed by atoms with Crippen molar-refractivity contribution in [2.75, 3.05) is 26.3 Å². The Hall–Kier alpha value is -1.63. The predicted molar refractivity (Wildman–Crippen MR) is 125 cm³/mol. The lowest BCUT2D eigenvalue weighted by Gasteiger charge is -2.63. The lowest BCUT2D eigenvalue weighted by molar-refractivity contribution is -0.313. The van der Waals surface area contributed by atoms with Gasteiger partial charge in [-0.15, -0.1) is 0 Å². The van der Waals surface area contributed by atoms with Crippen molar-refractivity contribution in [2.45, 2.75) is 77.3 Å². The number of carbonyl (C=O) groups excluding carboxylic acids is 1. The molecule has 2 saturated heterocycles. The molecule has 4 fully saturated rings. The molecule has 0 unspecified atom stereocenters. The maximum absolute atomic E-state index is 13.0. The van der Waals surface area contributed by atoms with E-state index in [0.29, 0.717) is 25.6 Å². The minimum Gasteiger partial charge on any atom is -0.488 e. The number of amides is 1. The Balaban J connectivity index is 1.27. The Kier molecular flexibility index (Phi) is 6.45. The molecule has 5 rings (SSSR count). The van der Waals surface area contributed by atoms with Gasteiger partial charge < -0.3 is 24.2 Å². The van der Waals surface area contributed by atoms with Gasteiger partial charge in [-0.05, 0) is 67.9 Å². The third-order valence-electron chi connectivity index (χ3n) is 9.21. The first-order valence-corrected chi connectivity index (χ1v) is 12.8. The van der Waals surface area contributed by atoms with Crippen molar-refractivity contribution in [1.29, 1.82) is 0 Å². The van der Waals surface area contributed by atoms with Crippen molar-refractivity contribution < 1.29 is 24.1 Å². The van der Waals surface area contributed by atoms with E-state index in [-0.39, 0.29) is 35.0 Å². The standard InChI is InChI=1S/C27H39NO5/c1-26-13-12-23-27(2,18-32-25(33-23)17-31-19-8-4-3-5-9-19)22(26)11-10-21(29)20(26)16-24(30)28-14-6-7-15-28/h3-5,8-9,20-23,25,29H,6-7,10-18H2,1-2H3/t20-,21+,22+,23+,25+,26-,27-/m0/s1. The van der Waals surface area contributed by atoms with Gasteiger partial charge in [0.1, 0.15) is 12.4 Å². The van der Waals surface area contributed by atoms with Crippen LogP contribution in [-0.2, 0) is 14.3 Å². The Morgan fingerprint density at radius 1 is 1.12 bits per heavy atom. The molecule has 6 heteroatoms. The number of aliphatic hydroxyl groups is 1. The van der Waals surface area contributed by atoms with Gasteiger partial charge in [-0.2, -0.15) is 0 Å². The highest BCUT2D eigenvalue weighted by molar-refractivity contribution is 5.76. The number of para-hydroxylation sites is 1. The van der Waals surface area contributed by atoms with Crippen molar-refractivity contribution in [3.63, 3.8) is 0 Å². The van der Waals surface area contributed by atoms with E-state index in [9.17, 15) is 9.90 Å². The molecule has 0 radical (unpaired) electrons. The fraction of sp³-hybridized carbons (Fsp3) is 0.741. The average molecular weight is 458 g/mol. The second kappa shape index (κ2) is 9.20. The van der Waals surface area contributed by atoms with Crippen molar-refractivity contribution in [3.8, 4) is 5.75 Å². The number of likely N-dealkylation sites (tertiary alicyclic amines) is 1. The molecular formula is C27H39NO5. The Morgan fingerprint density at radius 3 is 2.64 bits per heavy atom. The maximum Gasteiger partial charge on any atom is 0.222 e. The van der Waals surface area contributed by atoms with E-state index in [1.54, 1.807) is 0 Å². The van der Waals surface area contributed by atoms with Gasteiger partial charge in [0.25, 0.3) is 0 Å². The summed E-state index contributed by atoms with van der Waals surface area (Å²) in [7, 11) is 0. The predicted octanol–water partition coefficient (Wildman–Crippen LogP) is 4.01. The maximum atomic E-state index is 13.0. The SMILES string of the molecule is C[C@@]12CO[C@@H](COc3ccccc3)O[C@@H]1CC[C@]1(C)[C@H]2CC[C@@H](O)[C@@H]1CC(=O)N1CCCC1. The number of carbonyl (C=O) groups is 1. The monoisotopic (exact) mass is 457 g/mol. The molecule has 0 aromatic heterocycles. The van der Waals surface area contributed by atoms with Gasteiger partial charge in [0.2, 0.25) is 5.91 Å². The van der Waals surface area contributed by atoms with Gasteiger partial charge in [0.05, 0.1) is 18.8 Å².